The lowest BCUT2D eigenvalue weighted by molar-refractivity contribution is 0.657. The third-order valence-corrected chi connectivity index (χ3v) is 3.74. The highest BCUT2D eigenvalue weighted by Crippen LogP contribution is 2.24. The molecule has 4 heteroatoms. The van der Waals surface area contributed by atoms with Crippen molar-refractivity contribution in [2.45, 2.75) is 32.4 Å². The molecule has 1 rings (SSSR count). The SMILES string of the molecule is CCC(CSC)N(C)c1ncccc1[C@@H](C)N. The van der Waals surface area contributed by atoms with Gasteiger partial charge in [0.15, 0.2) is 0 Å². The second kappa shape index (κ2) is 6.87. The Bertz CT molecular complexity index is 341. The number of pyridine rings is 1. The van der Waals surface area contributed by atoms with Crippen molar-refractivity contribution in [3.05, 3.63) is 23.9 Å². The zero-order valence-electron chi connectivity index (χ0n) is 11.2. The summed E-state index contributed by atoms with van der Waals surface area (Å²) in [4.78, 5) is 6.75. The second-order valence-electron chi connectivity index (χ2n) is 4.33. The molecular weight excluding hydrogens is 230 g/mol. The average Bonchev–Trinajstić information content (AvgIpc) is 2.35. The van der Waals surface area contributed by atoms with E-state index in [-0.39, 0.29) is 6.04 Å². The van der Waals surface area contributed by atoms with Gasteiger partial charge in [-0.05, 0) is 25.7 Å². The molecule has 0 aliphatic rings. The van der Waals surface area contributed by atoms with Gasteiger partial charge in [0.25, 0.3) is 0 Å². The molecule has 17 heavy (non-hydrogen) atoms. The fraction of sp³-hybridized carbons (Fsp3) is 0.615. The molecule has 96 valence electrons. The minimum atomic E-state index is 0.0212. The predicted octanol–water partition coefficient (Wildman–Crippen LogP) is 2.68. The Hall–Kier alpha value is -0.740. The summed E-state index contributed by atoms with van der Waals surface area (Å²) in [5.41, 5.74) is 7.12. The highest BCUT2D eigenvalue weighted by Gasteiger charge is 2.18. The van der Waals surface area contributed by atoms with E-state index in [1.54, 1.807) is 0 Å². The molecule has 0 saturated heterocycles. The largest absolute Gasteiger partial charge is 0.356 e. The van der Waals surface area contributed by atoms with Crippen LogP contribution in [-0.4, -0.2) is 30.1 Å². The van der Waals surface area contributed by atoms with Crippen molar-refractivity contribution in [3.8, 4) is 0 Å². The van der Waals surface area contributed by atoms with Crippen LogP contribution < -0.4 is 10.6 Å². The van der Waals surface area contributed by atoms with E-state index in [0.717, 1.165) is 23.6 Å². The van der Waals surface area contributed by atoms with E-state index in [9.17, 15) is 0 Å². The van der Waals surface area contributed by atoms with Crippen LogP contribution in [0.2, 0.25) is 0 Å². The number of rotatable bonds is 6. The minimum absolute atomic E-state index is 0.0212. The Morgan fingerprint density at radius 2 is 2.24 bits per heavy atom. The van der Waals surface area contributed by atoms with Crippen LogP contribution in [0.3, 0.4) is 0 Å². The van der Waals surface area contributed by atoms with Gasteiger partial charge in [-0.2, -0.15) is 11.8 Å². The van der Waals surface area contributed by atoms with E-state index in [0.29, 0.717) is 6.04 Å². The molecule has 0 amide bonds. The summed E-state index contributed by atoms with van der Waals surface area (Å²) in [6.07, 6.45) is 5.09. The topological polar surface area (TPSA) is 42.2 Å². The molecule has 1 aromatic heterocycles. The molecule has 0 bridgehead atoms. The Morgan fingerprint density at radius 3 is 2.76 bits per heavy atom. The maximum absolute atomic E-state index is 6.00. The Labute approximate surface area is 109 Å². The molecule has 0 radical (unpaired) electrons. The zero-order chi connectivity index (χ0) is 12.8. The number of thioether (sulfide) groups is 1. The van der Waals surface area contributed by atoms with Gasteiger partial charge >= 0.3 is 0 Å². The summed E-state index contributed by atoms with van der Waals surface area (Å²) in [5, 5.41) is 0. The molecule has 0 aliphatic carbocycles. The summed E-state index contributed by atoms with van der Waals surface area (Å²) in [6.45, 7) is 4.22. The van der Waals surface area contributed by atoms with E-state index in [1.807, 2.05) is 30.9 Å². The normalized spacial score (nSPS) is 14.4. The van der Waals surface area contributed by atoms with Crippen LogP contribution in [0.25, 0.3) is 0 Å². The van der Waals surface area contributed by atoms with Gasteiger partial charge in [-0.25, -0.2) is 4.98 Å². The van der Waals surface area contributed by atoms with Crippen molar-refractivity contribution in [1.82, 2.24) is 4.98 Å². The first-order valence-corrected chi connectivity index (χ1v) is 7.43. The van der Waals surface area contributed by atoms with E-state index in [2.05, 4.69) is 36.2 Å². The van der Waals surface area contributed by atoms with Crippen molar-refractivity contribution >= 4 is 17.6 Å². The quantitative estimate of drug-likeness (QED) is 0.846. The standard InChI is InChI=1S/C13H23N3S/c1-5-11(9-17-4)16(3)13-12(10(2)14)7-6-8-15-13/h6-8,10-11H,5,9,14H2,1-4H3/t10-,11?/m1/s1. The first-order valence-electron chi connectivity index (χ1n) is 6.04. The fourth-order valence-corrected chi connectivity index (χ4v) is 2.77. The zero-order valence-corrected chi connectivity index (χ0v) is 12.0. The molecule has 1 heterocycles. The van der Waals surface area contributed by atoms with Gasteiger partial charge in [0.2, 0.25) is 0 Å². The lowest BCUT2D eigenvalue weighted by Gasteiger charge is -2.30. The van der Waals surface area contributed by atoms with Gasteiger partial charge in [0, 0.05) is 36.6 Å². The van der Waals surface area contributed by atoms with Gasteiger partial charge in [-0.1, -0.05) is 13.0 Å². The van der Waals surface area contributed by atoms with Crippen molar-refractivity contribution < 1.29 is 0 Å². The summed E-state index contributed by atoms with van der Waals surface area (Å²) in [5.74, 6) is 2.13. The number of nitrogens with two attached hydrogens (primary N) is 1. The van der Waals surface area contributed by atoms with Crippen molar-refractivity contribution in [2.24, 2.45) is 5.73 Å². The van der Waals surface area contributed by atoms with E-state index in [1.165, 1.54) is 0 Å². The lowest BCUT2D eigenvalue weighted by atomic mass is 10.1. The van der Waals surface area contributed by atoms with Crippen LogP contribution in [0.1, 0.15) is 31.9 Å². The molecule has 0 saturated carbocycles. The third-order valence-electron chi connectivity index (χ3n) is 3.02. The number of aromatic nitrogens is 1. The number of nitrogens with zero attached hydrogens (tertiary/aromatic N) is 2. The summed E-state index contributed by atoms with van der Waals surface area (Å²) in [7, 11) is 2.11. The minimum Gasteiger partial charge on any atom is -0.356 e. The van der Waals surface area contributed by atoms with Gasteiger partial charge < -0.3 is 10.6 Å². The molecule has 0 aliphatic heterocycles. The first-order chi connectivity index (χ1) is 8.11. The van der Waals surface area contributed by atoms with Crippen molar-refractivity contribution in [1.29, 1.82) is 0 Å². The fourth-order valence-electron chi connectivity index (χ4n) is 1.93. The van der Waals surface area contributed by atoms with Crippen LogP contribution in [0, 0.1) is 0 Å². The monoisotopic (exact) mass is 253 g/mol. The van der Waals surface area contributed by atoms with Crippen LogP contribution in [0.4, 0.5) is 5.82 Å². The van der Waals surface area contributed by atoms with Crippen LogP contribution >= 0.6 is 11.8 Å². The number of hydrogen-bond donors (Lipinski definition) is 1. The highest BCUT2D eigenvalue weighted by molar-refractivity contribution is 7.98. The maximum atomic E-state index is 6.00. The van der Waals surface area contributed by atoms with E-state index in [4.69, 9.17) is 5.73 Å². The average molecular weight is 253 g/mol. The molecule has 3 nitrogen and oxygen atoms in total. The maximum Gasteiger partial charge on any atom is 0.133 e. The Balaban J connectivity index is 2.97. The smallest absolute Gasteiger partial charge is 0.133 e. The molecular formula is C13H23N3S. The van der Waals surface area contributed by atoms with E-state index < -0.39 is 0 Å². The number of hydrogen-bond acceptors (Lipinski definition) is 4. The number of anilines is 1. The molecule has 0 spiro atoms. The molecule has 0 aromatic carbocycles. The summed E-state index contributed by atoms with van der Waals surface area (Å²) in [6, 6.07) is 4.55. The molecule has 0 fully saturated rings. The molecule has 2 N–H and O–H groups in total. The van der Waals surface area contributed by atoms with E-state index >= 15 is 0 Å². The van der Waals surface area contributed by atoms with Crippen LogP contribution in [0.15, 0.2) is 18.3 Å². The lowest BCUT2D eigenvalue weighted by Crippen LogP contribution is -2.35. The molecule has 2 atom stereocenters. The van der Waals surface area contributed by atoms with Gasteiger partial charge in [0.05, 0.1) is 0 Å². The highest BCUT2D eigenvalue weighted by atomic mass is 32.2. The Kier molecular flexibility index (Phi) is 5.78. The summed E-state index contributed by atoms with van der Waals surface area (Å²) < 4.78 is 0. The first kappa shape index (κ1) is 14.3. The Morgan fingerprint density at radius 1 is 1.53 bits per heavy atom. The predicted molar refractivity (Wildman–Crippen MR) is 77.7 cm³/mol. The second-order valence-corrected chi connectivity index (χ2v) is 5.24. The van der Waals surface area contributed by atoms with Gasteiger partial charge in [0.1, 0.15) is 5.82 Å². The van der Waals surface area contributed by atoms with Gasteiger partial charge in [-0.15, -0.1) is 0 Å². The molecule has 1 aromatic rings. The van der Waals surface area contributed by atoms with Gasteiger partial charge in [-0.3, -0.25) is 0 Å². The summed E-state index contributed by atoms with van der Waals surface area (Å²) >= 11 is 1.87. The molecule has 1 unspecified atom stereocenters. The van der Waals surface area contributed by atoms with Crippen molar-refractivity contribution in [2.75, 3.05) is 24.0 Å². The van der Waals surface area contributed by atoms with Crippen molar-refractivity contribution in [3.63, 3.8) is 0 Å². The third kappa shape index (κ3) is 3.61. The van der Waals surface area contributed by atoms with Crippen LogP contribution in [-0.2, 0) is 0 Å². The van der Waals surface area contributed by atoms with Crippen LogP contribution in [0.5, 0.6) is 0 Å².